The van der Waals surface area contributed by atoms with Gasteiger partial charge in [-0.25, -0.2) is 69.8 Å². The van der Waals surface area contributed by atoms with Gasteiger partial charge in [-0.05, 0) is 109 Å². The summed E-state index contributed by atoms with van der Waals surface area (Å²) < 4.78 is 0. The van der Waals surface area contributed by atoms with Gasteiger partial charge < -0.3 is 91.9 Å². The number of aromatic nitrogens is 29. The van der Waals surface area contributed by atoms with Gasteiger partial charge in [-0.1, -0.05) is 36.4 Å². The minimum Gasteiger partial charge on any atom is -0.504 e. The monoisotopic (exact) mass is 1940 g/mol. The molecule has 0 aliphatic rings. The summed E-state index contributed by atoms with van der Waals surface area (Å²) in [5.74, 6) is -5.57. The van der Waals surface area contributed by atoms with E-state index in [1.807, 2.05) is 6.07 Å². The molecule has 0 atom stereocenters. The number of hydrogen-bond donors (Lipinski definition) is 18. The molecule has 17 heterocycles. The molecule has 17 aromatic heterocycles. The Bertz CT molecular complexity index is 5430. The second kappa shape index (κ2) is 56.2. The third kappa shape index (κ3) is 32.1. The number of benzene rings is 1. The van der Waals surface area contributed by atoms with Crippen molar-refractivity contribution in [2.75, 3.05) is 0 Å². The zero-order valence-electron chi connectivity index (χ0n) is 74.2. The van der Waals surface area contributed by atoms with E-state index in [0.29, 0.717) is 50.2 Å². The largest absolute Gasteiger partial charge is 0.504 e. The highest BCUT2D eigenvalue weighted by molar-refractivity contribution is 5.86. The average molecular weight is 1940 g/mol. The SMILES string of the molecule is O/C(=C(/O)c1cccnc1)c1cccnc1.O/C(=C(/O)c1cccnn1)c1cccnn1.O/C(=C(/O)c1ccncc1)c1ccccc1.O/C(=C(/O)c1ccncn1)c1ccccn1.O/C(=C(/O)c1ccnnc1)c1cccnc1.O/C(=C(/O)c1cnccn1)c1cnccn1.O/C(=C(/O)c1cnccn1)c1cnccn1.O/C(=C(/O)c1cncnc1)c1cncnc1.O/C(=C(/O)c1ncccn1)c1ncccn1. The van der Waals surface area contributed by atoms with Crippen LogP contribution in [-0.2, 0) is 0 Å². The lowest BCUT2D eigenvalue weighted by Gasteiger charge is -2.04. The number of nitrogens with zero attached hydrogens (tertiary/aromatic N) is 29. The molecule has 144 heavy (non-hydrogen) atoms. The highest BCUT2D eigenvalue weighted by Gasteiger charge is 2.20. The van der Waals surface area contributed by atoms with Crippen LogP contribution in [0.3, 0.4) is 0 Å². The summed E-state index contributed by atoms with van der Waals surface area (Å²) in [4.78, 5) is 87.5. The van der Waals surface area contributed by atoms with E-state index in [2.05, 4.69) is 145 Å². The van der Waals surface area contributed by atoms with Gasteiger partial charge in [-0.2, -0.15) is 20.4 Å². The van der Waals surface area contributed by atoms with Gasteiger partial charge in [0.2, 0.25) is 11.5 Å². The van der Waals surface area contributed by atoms with Crippen LogP contribution in [-0.4, -0.2) is 237 Å². The Balaban J connectivity index is 0.000000166. The zero-order valence-corrected chi connectivity index (χ0v) is 74.2. The van der Waals surface area contributed by atoms with E-state index in [-0.39, 0.29) is 144 Å². The topological polar surface area (TPSA) is 738 Å². The molecule has 0 spiro atoms. The molecule has 0 saturated heterocycles. The van der Waals surface area contributed by atoms with E-state index in [0.717, 1.165) is 0 Å². The zero-order chi connectivity index (χ0) is 102. The summed E-state index contributed by atoms with van der Waals surface area (Å²) >= 11 is 0. The molecule has 1 aromatic carbocycles. The van der Waals surface area contributed by atoms with Crippen LogP contribution >= 0.6 is 0 Å². The summed E-state index contributed by atoms with van der Waals surface area (Å²) in [6.07, 6.45) is 53.2. The second-order valence-corrected chi connectivity index (χ2v) is 27.0. The Hall–Kier alpha value is -22.0. The minimum absolute atomic E-state index is 0.0208. The van der Waals surface area contributed by atoms with Crippen LogP contribution in [0.2, 0.25) is 0 Å². The molecule has 0 unspecified atom stereocenters. The van der Waals surface area contributed by atoms with Crippen molar-refractivity contribution in [2.24, 2.45) is 0 Å². The van der Waals surface area contributed by atoms with Crippen molar-refractivity contribution in [3.8, 4) is 0 Å². The molecule has 0 radical (unpaired) electrons. The Morgan fingerprint density at radius 2 is 0.424 bits per heavy atom. The normalized spacial score (nSPS) is 12.0. The maximum absolute atomic E-state index is 9.85. The molecule has 18 N–H and O–H groups in total. The van der Waals surface area contributed by atoms with Crippen molar-refractivity contribution in [2.45, 2.75) is 0 Å². The van der Waals surface area contributed by atoms with E-state index in [1.165, 1.54) is 217 Å². The van der Waals surface area contributed by atoms with Crippen LogP contribution in [0.25, 0.3) is 104 Å². The molecule has 18 aromatic rings. The fourth-order valence-electron chi connectivity index (χ4n) is 10.5. The Kier molecular flexibility index (Phi) is 40.6. The van der Waals surface area contributed by atoms with Crippen molar-refractivity contribution in [3.63, 3.8) is 0 Å². The number of rotatable bonds is 18. The fourth-order valence-corrected chi connectivity index (χ4v) is 10.5. The van der Waals surface area contributed by atoms with Gasteiger partial charge in [-0.15, -0.1) is 10.2 Å². The summed E-state index contributed by atoms with van der Waals surface area (Å²) in [7, 11) is 0. The standard InChI is InChI=1S/C13H11NO2.C12H10N2O2.2C11H9N3O2.5C10H8N4O2/c15-12(10-4-2-1-3-5-10)13(16)11-6-8-14-9-7-11;15-11(9-3-1-5-13-7-9)12(16)10-4-2-6-14-8-10;15-10(8-2-1-4-12-6-8)11(16)9-3-5-13-14-7-9;15-10(8-3-1-2-5-13-8)11(16)9-4-6-12-7-14-9;15-9(7-1-11-5-12-2-7)10(16)8-3-13-6-14-4-8;2*15-9(7-5-11-1-3-13-7)10(16)8-6-12-2-4-14-8;15-9(7-3-1-5-11-13-7)10(16)8-4-2-6-12-14-8;15-7(9-11-3-1-4-12-9)8(16)10-13-5-2-6-14-10/h1-9,15-16H;1-8,15-16H;2*1-7,15-16H;5*1-6,15-16H/b13-12+;12-11+;2*11-10+;4*10-9+;8-7+. The van der Waals surface area contributed by atoms with Gasteiger partial charge in [0.25, 0.3) is 0 Å². The summed E-state index contributed by atoms with van der Waals surface area (Å²) in [6.45, 7) is 0. The van der Waals surface area contributed by atoms with Gasteiger partial charge in [0.1, 0.15) is 64.5 Å². The fraction of sp³-hybridized carbons (Fsp3) is 0. The minimum atomic E-state index is -0.452. The number of aliphatic hydroxyl groups is 18. The first-order valence-corrected chi connectivity index (χ1v) is 41.0. The van der Waals surface area contributed by atoms with Crippen LogP contribution < -0.4 is 0 Å². The maximum atomic E-state index is 9.85. The molecule has 0 aliphatic carbocycles. The molecule has 0 saturated carbocycles. The lowest BCUT2D eigenvalue weighted by molar-refractivity contribution is 0.451. The summed E-state index contributed by atoms with van der Waals surface area (Å²) in [6, 6.07) is 39.7. The average Bonchev–Trinajstić information content (AvgIpc) is 0.894. The highest BCUT2D eigenvalue weighted by Crippen LogP contribution is 2.28. The smallest absolute Gasteiger partial charge is 0.207 e. The lowest BCUT2D eigenvalue weighted by atomic mass is 10.1. The van der Waals surface area contributed by atoms with E-state index in [1.54, 1.807) is 152 Å². The number of hydrogen-bond acceptors (Lipinski definition) is 47. The van der Waals surface area contributed by atoms with Crippen LogP contribution in [0.4, 0.5) is 0 Å². The van der Waals surface area contributed by atoms with Gasteiger partial charge in [0.05, 0.1) is 48.3 Å². The third-order valence-electron chi connectivity index (χ3n) is 17.5. The van der Waals surface area contributed by atoms with E-state index < -0.39 is 11.5 Å². The Morgan fingerprint density at radius 3 is 0.750 bits per heavy atom. The molecule has 47 heteroatoms. The molecule has 0 bridgehead atoms. The lowest BCUT2D eigenvalue weighted by Crippen LogP contribution is -1.99. The molecule has 720 valence electrons. The van der Waals surface area contributed by atoms with Crippen molar-refractivity contribution in [1.82, 2.24) is 145 Å². The van der Waals surface area contributed by atoms with Crippen molar-refractivity contribution in [1.29, 1.82) is 0 Å². The molecular weight excluding hydrogens is 1860 g/mol. The third-order valence-corrected chi connectivity index (χ3v) is 17.5. The number of aliphatic hydroxyl groups excluding tert-OH is 18. The highest BCUT2D eigenvalue weighted by atomic mass is 16.3. The van der Waals surface area contributed by atoms with E-state index >= 15 is 0 Å². The first-order valence-electron chi connectivity index (χ1n) is 41.0. The van der Waals surface area contributed by atoms with Crippen molar-refractivity contribution < 1.29 is 91.9 Å². The van der Waals surface area contributed by atoms with Crippen LogP contribution in [0.1, 0.15) is 102 Å². The Labute approximate surface area is 813 Å². The molecule has 0 fully saturated rings. The van der Waals surface area contributed by atoms with E-state index in [4.69, 9.17) is 0 Å². The molecule has 0 amide bonds. The predicted molar refractivity (Wildman–Crippen MR) is 521 cm³/mol. The number of pyridine rings is 5. The molecular formula is C97H79N29O18. The Morgan fingerprint density at radius 1 is 0.132 bits per heavy atom. The second-order valence-electron chi connectivity index (χ2n) is 27.0. The summed E-state index contributed by atoms with van der Waals surface area (Å²) in [5.41, 5.74) is 5.10. The summed E-state index contributed by atoms with van der Waals surface area (Å²) in [5, 5.41) is 197. The van der Waals surface area contributed by atoms with Crippen LogP contribution in [0, 0.1) is 0 Å². The van der Waals surface area contributed by atoms with Gasteiger partial charge in [-0.3, -0.25) is 44.9 Å². The first-order chi connectivity index (χ1) is 70.1. The quantitative estimate of drug-likeness (QED) is 0.0355. The maximum Gasteiger partial charge on any atom is 0.207 e. The van der Waals surface area contributed by atoms with Crippen molar-refractivity contribution >= 4 is 104 Å². The molecule has 47 nitrogen and oxygen atoms in total. The van der Waals surface area contributed by atoms with Crippen molar-refractivity contribution in [3.05, 3.63) is 477 Å². The first kappa shape index (κ1) is 104. The predicted octanol–water partition coefficient (Wildman–Crippen LogP) is 15.1. The molecule has 18 rings (SSSR count). The van der Waals surface area contributed by atoms with Gasteiger partial charge >= 0.3 is 0 Å². The van der Waals surface area contributed by atoms with Gasteiger partial charge in [0.15, 0.2) is 104 Å². The van der Waals surface area contributed by atoms with E-state index in [9.17, 15) is 91.9 Å². The van der Waals surface area contributed by atoms with Gasteiger partial charge in [0, 0.05) is 207 Å². The van der Waals surface area contributed by atoms with Crippen LogP contribution in [0.5, 0.6) is 0 Å². The van der Waals surface area contributed by atoms with Crippen LogP contribution in [0.15, 0.2) is 375 Å². The molecule has 0 aliphatic heterocycles.